The van der Waals surface area contributed by atoms with Gasteiger partial charge in [0, 0.05) is 17.5 Å². The predicted octanol–water partition coefficient (Wildman–Crippen LogP) is 1.99. The van der Waals surface area contributed by atoms with Gasteiger partial charge in [0.2, 0.25) is 0 Å². The first-order valence-electron chi connectivity index (χ1n) is 5.00. The maximum atomic E-state index is 11.1. The second-order valence-corrected chi connectivity index (χ2v) is 3.84. The van der Waals surface area contributed by atoms with Crippen molar-refractivity contribution in [1.82, 2.24) is 0 Å². The van der Waals surface area contributed by atoms with Crippen LogP contribution in [0.5, 0.6) is 5.75 Å². The molecule has 3 heteroatoms. The second kappa shape index (κ2) is 4.03. The van der Waals surface area contributed by atoms with Gasteiger partial charge in [0.15, 0.2) is 6.79 Å². The average Bonchev–Trinajstić information content (AvgIpc) is 2.22. The standard InChI is InChI=1S/C12H14O3/c1-8-3-4-10(5-9(2)13)12-11(8)6-14-7-15-12/h3-4H,5-7H2,1-2H3. The Bertz CT molecular complexity index is 396. The van der Waals surface area contributed by atoms with E-state index in [9.17, 15) is 4.79 Å². The van der Waals surface area contributed by atoms with Gasteiger partial charge < -0.3 is 9.47 Å². The van der Waals surface area contributed by atoms with E-state index >= 15 is 0 Å². The Morgan fingerprint density at radius 1 is 1.47 bits per heavy atom. The lowest BCUT2D eigenvalue weighted by atomic mass is 10.00. The molecule has 1 aromatic rings. The lowest BCUT2D eigenvalue weighted by molar-refractivity contribution is -0.116. The fraction of sp³-hybridized carbons (Fsp3) is 0.417. The molecule has 0 atom stereocenters. The van der Waals surface area contributed by atoms with Gasteiger partial charge in [-0.1, -0.05) is 12.1 Å². The van der Waals surface area contributed by atoms with Gasteiger partial charge >= 0.3 is 0 Å². The summed E-state index contributed by atoms with van der Waals surface area (Å²) in [6.45, 7) is 4.47. The van der Waals surface area contributed by atoms with Gasteiger partial charge in [0.1, 0.15) is 11.5 Å². The Hall–Kier alpha value is -1.35. The highest BCUT2D eigenvalue weighted by Gasteiger charge is 2.17. The van der Waals surface area contributed by atoms with Crippen LogP contribution in [0.2, 0.25) is 0 Å². The molecule has 0 N–H and O–H groups in total. The van der Waals surface area contributed by atoms with E-state index in [2.05, 4.69) is 0 Å². The van der Waals surface area contributed by atoms with Crippen LogP contribution in [0, 0.1) is 6.92 Å². The van der Waals surface area contributed by atoms with Crippen LogP contribution in [-0.2, 0) is 22.6 Å². The van der Waals surface area contributed by atoms with Crippen molar-refractivity contribution in [2.45, 2.75) is 26.9 Å². The third-order valence-electron chi connectivity index (χ3n) is 2.55. The molecule has 0 saturated carbocycles. The van der Waals surface area contributed by atoms with Gasteiger partial charge in [-0.3, -0.25) is 4.79 Å². The fourth-order valence-electron chi connectivity index (χ4n) is 1.79. The summed E-state index contributed by atoms with van der Waals surface area (Å²) in [6, 6.07) is 3.97. The summed E-state index contributed by atoms with van der Waals surface area (Å²) in [5.41, 5.74) is 3.18. The highest BCUT2D eigenvalue weighted by atomic mass is 16.7. The Morgan fingerprint density at radius 2 is 2.27 bits per heavy atom. The number of fused-ring (bicyclic) bond motifs is 1. The highest BCUT2D eigenvalue weighted by Crippen LogP contribution is 2.31. The number of carbonyl (C=O) groups is 1. The Balaban J connectivity index is 2.43. The lowest BCUT2D eigenvalue weighted by Crippen LogP contribution is -2.15. The van der Waals surface area contributed by atoms with E-state index in [4.69, 9.17) is 9.47 Å². The van der Waals surface area contributed by atoms with Crippen molar-refractivity contribution < 1.29 is 14.3 Å². The molecule has 0 radical (unpaired) electrons. The van der Waals surface area contributed by atoms with Gasteiger partial charge in [-0.2, -0.15) is 0 Å². The summed E-state index contributed by atoms with van der Waals surface area (Å²) in [5, 5.41) is 0. The lowest BCUT2D eigenvalue weighted by Gasteiger charge is -2.22. The molecule has 1 aliphatic rings. The minimum atomic E-state index is 0.149. The topological polar surface area (TPSA) is 35.5 Å². The summed E-state index contributed by atoms with van der Waals surface area (Å²) in [6.07, 6.45) is 0.433. The zero-order valence-corrected chi connectivity index (χ0v) is 9.00. The maximum Gasteiger partial charge on any atom is 0.189 e. The molecule has 0 spiro atoms. The first-order chi connectivity index (χ1) is 7.18. The van der Waals surface area contributed by atoms with Crippen molar-refractivity contribution >= 4 is 5.78 Å². The Kier molecular flexibility index (Phi) is 2.73. The molecule has 1 heterocycles. The molecule has 80 valence electrons. The van der Waals surface area contributed by atoms with E-state index in [1.165, 1.54) is 0 Å². The molecule has 0 aliphatic carbocycles. The summed E-state index contributed by atoms with van der Waals surface area (Å²) in [5.74, 6) is 0.993. The maximum absolute atomic E-state index is 11.1. The van der Waals surface area contributed by atoms with E-state index in [1.807, 2.05) is 19.1 Å². The largest absolute Gasteiger partial charge is 0.467 e. The molecule has 15 heavy (non-hydrogen) atoms. The van der Waals surface area contributed by atoms with Crippen molar-refractivity contribution in [3.05, 3.63) is 28.8 Å². The van der Waals surface area contributed by atoms with Gasteiger partial charge in [-0.15, -0.1) is 0 Å². The minimum Gasteiger partial charge on any atom is -0.467 e. The number of hydrogen-bond acceptors (Lipinski definition) is 3. The van der Waals surface area contributed by atoms with E-state index in [0.717, 1.165) is 22.4 Å². The minimum absolute atomic E-state index is 0.149. The van der Waals surface area contributed by atoms with Crippen LogP contribution in [0.1, 0.15) is 23.6 Å². The van der Waals surface area contributed by atoms with E-state index in [0.29, 0.717) is 13.0 Å². The van der Waals surface area contributed by atoms with Gasteiger partial charge in [-0.05, 0) is 19.4 Å². The van der Waals surface area contributed by atoms with Gasteiger partial charge in [-0.25, -0.2) is 0 Å². The highest BCUT2D eigenvalue weighted by molar-refractivity contribution is 5.79. The van der Waals surface area contributed by atoms with E-state index in [-0.39, 0.29) is 12.6 Å². The van der Waals surface area contributed by atoms with Crippen molar-refractivity contribution in [3.8, 4) is 5.75 Å². The zero-order valence-electron chi connectivity index (χ0n) is 9.00. The van der Waals surface area contributed by atoms with E-state index < -0.39 is 0 Å². The Labute approximate surface area is 89.0 Å². The van der Waals surface area contributed by atoms with Crippen LogP contribution in [0.4, 0.5) is 0 Å². The van der Waals surface area contributed by atoms with Crippen molar-refractivity contribution in [3.63, 3.8) is 0 Å². The second-order valence-electron chi connectivity index (χ2n) is 3.84. The molecule has 1 aromatic carbocycles. The van der Waals surface area contributed by atoms with Gasteiger partial charge in [0.25, 0.3) is 0 Å². The SMILES string of the molecule is CC(=O)Cc1ccc(C)c2c1OCOC2. The summed E-state index contributed by atoms with van der Waals surface area (Å²) in [7, 11) is 0. The molecular weight excluding hydrogens is 192 g/mol. The first kappa shape index (κ1) is 10.2. The fourth-order valence-corrected chi connectivity index (χ4v) is 1.79. The van der Waals surface area contributed by atoms with E-state index in [1.54, 1.807) is 6.92 Å². The average molecular weight is 206 g/mol. The molecule has 0 saturated heterocycles. The number of ketones is 1. The number of aryl methyl sites for hydroxylation is 1. The van der Waals surface area contributed by atoms with Crippen LogP contribution in [-0.4, -0.2) is 12.6 Å². The van der Waals surface area contributed by atoms with Crippen LogP contribution in [0.25, 0.3) is 0 Å². The molecule has 0 unspecified atom stereocenters. The summed E-state index contributed by atoms with van der Waals surface area (Å²) < 4.78 is 10.7. The zero-order chi connectivity index (χ0) is 10.8. The third-order valence-corrected chi connectivity index (χ3v) is 2.55. The molecule has 0 amide bonds. The molecule has 0 fully saturated rings. The normalized spacial score (nSPS) is 14.3. The van der Waals surface area contributed by atoms with Crippen LogP contribution < -0.4 is 4.74 Å². The van der Waals surface area contributed by atoms with Crippen LogP contribution in [0.15, 0.2) is 12.1 Å². The third kappa shape index (κ3) is 2.02. The molecule has 3 nitrogen and oxygen atoms in total. The summed E-state index contributed by atoms with van der Waals surface area (Å²) >= 11 is 0. The molecular formula is C12H14O3. The van der Waals surface area contributed by atoms with Crippen molar-refractivity contribution in [2.24, 2.45) is 0 Å². The molecule has 2 rings (SSSR count). The summed E-state index contributed by atoms with van der Waals surface area (Å²) in [4.78, 5) is 11.1. The first-order valence-corrected chi connectivity index (χ1v) is 5.00. The number of carbonyl (C=O) groups excluding carboxylic acids is 1. The van der Waals surface area contributed by atoms with Crippen LogP contribution >= 0.6 is 0 Å². The van der Waals surface area contributed by atoms with Crippen molar-refractivity contribution in [1.29, 1.82) is 0 Å². The monoisotopic (exact) mass is 206 g/mol. The molecule has 0 aromatic heterocycles. The smallest absolute Gasteiger partial charge is 0.189 e. The number of ether oxygens (including phenoxy) is 2. The number of Topliss-reactive ketones (excluding diaryl/α,β-unsaturated/α-hetero) is 1. The van der Waals surface area contributed by atoms with Crippen LogP contribution in [0.3, 0.4) is 0 Å². The molecule has 1 aliphatic heterocycles. The van der Waals surface area contributed by atoms with Crippen molar-refractivity contribution in [2.75, 3.05) is 6.79 Å². The number of rotatable bonds is 2. The Morgan fingerprint density at radius 3 is 3.00 bits per heavy atom. The molecule has 0 bridgehead atoms. The predicted molar refractivity (Wildman–Crippen MR) is 55.8 cm³/mol. The van der Waals surface area contributed by atoms with Gasteiger partial charge in [0.05, 0.1) is 6.61 Å². The number of hydrogen-bond donors (Lipinski definition) is 0. The number of benzene rings is 1. The quantitative estimate of drug-likeness (QED) is 0.742.